The molecule has 0 spiro atoms. The van der Waals surface area contributed by atoms with E-state index in [-0.39, 0.29) is 23.4 Å². The van der Waals surface area contributed by atoms with Gasteiger partial charge in [0.15, 0.2) is 17.2 Å². The van der Waals surface area contributed by atoms with Crippen LogP contribution < -0.4 is 0 Å². The molecule has 0 aromatic rings. The molecule has 152 valence electrons. The number of Topliss-reactive ketones (excluding diaryl/α,β-unsaturated/α-hetero) is 1. The number of ether oxygens (including phenoxy) is 1. The van der Waals surface area contributed by atoms with Gasteiger partial charge in [-0.05, 0) is 68.9 Å². The SMILES string of the molecule is C=C1C[C@H]2[C@@H]3CCC4=CC(=O)CC[C@]4(C)[C@@]3(O)CC[C@]2(C)[C@@]1(OC=O)C(C)=O. The summed E-state index contributed by atoms with van der Waals surface area (Å²) in [5.41, 5.74) is -1.50. The normalized spacial score (nSPS) is 47.5. The van der Waals surface area contributed by atoms with Crippen molar-refractivity contribution in [3.8, 4) is 0 Å². The minimum Gasteiger partial charge on any atom is -0.448 e. The van der Waals surface area contributed by atoms with Crippen molar-refractivity contribution in [2.24, 2.45) is 22.7 Å². The average molecular weight is 386 g/mol. The van der Waals surface area contributed by atoms with Gasteiger partial charge in [0.05, 0.1) is 5.60 Å². The van der Waals surface area contributed by atoms with Gasteiger partial charge in [-0.25, -0.2) is 0 Å². The Morgan fingerprint density at radius 3 is 2.61 bits per heavy atom. The second-order valence-electron chi connectivity index (χ2n) is 9.82. The van der Waals surface area contributed by atoms with E-state index in [0.717, 1.165) is 18.4 Å². The highest BCUT2D eigenvalue weighted by Gasteiger charge is 2.72. The Bertz CT molecular complexity index is 812. The summed E-state index contributed by atoms with van der Waals surface area (Å²) in [6.45, 7) is 10.1. The van der Waals surface area contributed by atoms with Crippen molar-refractivity contribution in [3.63, 3.8) is 0 Å². The zero-order valence-corrected chi connectivity index (χ0v) is 17.0. The average Bonchev–Trinajstić information content (AvgIpc) is 2.86. The van der Waals surface area contributed by atoms with Crippen LogP contribution in [0.3, 0.4) is 0 Å². The summed E-state index contributed by atoms with van der Waals surface area (Å²) in [5.74, 6) is -0.0428. The Balaban J connectivity index is 1.81. The standard InChI is InChI=1S/C23H30O5/c1-14-11-19-18-6-5-16-12-17(26)7-8-20(16,3)22(18,27)10-9-21(19,4)23(14,15(2)25)28-13-24/h12-13,18-19,27H,1,5-11H2,2-4H3/t18-,19-,20-,21-,22+,23-/m0/s1. The Labute approximate surface area is 166 Å². The van der Waals surface area contributed by atoms with Gasteiger partial charge in [0, 0.05) is 17.3 Å². The lowest BCUT2D eigenvalue weighted by Gasteiger charge is -2.63. The maximum atomic E-state index is 12.7. The number of aliphatic hydroxyl groups is 1. The first kappa shape index (κ1) is 19.6. The van der Waals surface area contributed by atoms with Gasteiger partial charge in [0.2, 0.25) is 0 Å². The van der Waals surface area contributed by atoms with Gasteiger partial charge in [-0.2, -0.15) is 0 Å². The van der Waals surface area contributed by atoms with Crippen molar-refractivity contribution in [2.45, 2.75) is 76.9 Å². The van der Waals surface area contributed by atoms with Crippen LogP contribution in [-0.4, -0.2) is 34.3 Å². The molecular formula is C23H30O5. The fourth-order valence-electron chi connectivity index (χ4n) is 7.48. The molecule has 0 saturated heterocycles. The van der Waals surface area contributed by atoms with E-state index in [2.05, 4.69) is 13.5 Å². The van der Waals surface area contributed by atoms with Crippen LogP contribution >= 0.6 is 0 Å². The smallest absolute Gasteiger partial charge is 0.294 e. The van der Waals surface area contributed by atoms with E-state index in [9.17, 15) is 19.5 Å². The zero-order chi connectivity index (χ0) is 20.5. The number of fused-ring (bicyclic) bond motifs is 5. The van der Waals surface area contributed by atoms with Crippen LogP contribution in [0.15, 0.2) is 23.8 Å². The second kappa shape index (κ2) is 5.88. The number of carbonyl (C=O) groups is 3. The molecule has 4 rings (SSSR count). The second-order valence-corrected chi connectivity index (χ2v) is 9.82. The Morgan fingerprint density at radius 2 is 1.96 bits per heavy atom. The van der Waals surface area contributed by atoms with Crippen LogP contribution in [0.4, 0.5) is 0 Å². The minimum atomic E-state index is -1.31. The lowest BCUT2D eigenvalue weighted by Crippen LogP contribution is -2.65. The number of hydrogen-bond donors (Lipinski definition) is 1. The summed E-state index contributed by atoms with van der Waals surface area (Å²) in [4.78, 5) is 36.1. The fourth-order valence-corrected chi connectivity index (χ4v) is 7.48. The van der Waals surface area contributed by atoms with E-state index in [0.29, 0.717) is 44.1 Å². The van der Waals surface area contributed by atoms with Crippen LogP contribution in [0.5, 0.6) is 0 Å². The molecule has 6 atom stereocenters. The lowest BCUT2D eigenvalue weighted by molar-refractivity contribution is -0.212. The Morgan fingerprint density at radius 1 is 1.25 bits per heavy atom. The molecule has 0 aromatic carbocycles. The monoisotopic (exact) mass is 386 g/mol. The topological polar surface area (TPSA) is 80.7 Å². The first-order valence-corrected chi connectivity index (χ1v) is 10.3. The van der Waals surface area contributed by atoms with Gasteiger partial charge in [-0.15, -0.1) is 0 Å². The third-order valence-electron chi connectivity index (χ3n) is 9.03. The molecular weight excluding hydrogens is 356 g/mol. The minimum absolute atomic E-state index is 0.0126. The molecule has 0 aromatic heterocycles. The van der Waals surface area contributed by atoms with Crippen molar-refractivity contribution >= 4 is 18.0 Å². The first-order valence-electron chi connectivity index (χ1n) is 10.3. The number of hydrogen-bond acceptors (Lipinski definition) is 5. The van der Waals surface area contributed by atoms with Crippen molar-refractivity contribution in [1.82, 2.24) is 0 Å². The predicted molar refractivity (Wildman–Crippen MR) is 103 cm³/mol. The largest absolute Gasteiger partial charge is 0.448 e. The highest BCUT2D eigenvalue weighted by Crippen LogP contribution is 2.70. The molecule has 0 unspecified atom stereocenters. The molecule has 0 aliphatic heterocycles. The quantitative estimate of drug-likeness (QED) is 0.595. The predicted octanol–water partition coefficient (Wildman–Crippen LogP) is 3.30. The van der Waals surface area contributed by atoms with E-state index in [1.165, 1.54) is 6.92 Å². The first-order chi connectivity index (χ1) is 13.1. The van der Waals surface area contributed by atoms with Crippen molar-refractivity contribution in [1.29, 1.82) is 0 Å². The molecule has 3 fully saturated rings. The van der Waals surface area contributed by atoms with Gasteiger partial charge in [-0.3, -0.25) is 14.4 Å². The number of rotatable bonds is 3. The van der Waals surface area contributed by atoms with E-state index >= 15 is 0 Å². The van der Waals surface area contributed by atoms with E-state index in [4.69, 9.17) is 4.74 Å². The molecule has 5 heteroatoms. The molecule has 4 aliphatic carbocycles. The maximum Gasteiger partial charge on any atom is 0.294 e. The highest BCUT2D eigenvalue weighted by molar-refractivity contribution is 5.92. The van der Waals surface area contributed by atoms with Gasteiger partial charge in [-0.1, -0.05) is 26.0 Å². The van der Waals surface area contributed by atoms with Crippen LogP contribution in [0, 0.1) is 22.7 Å². The number of carbonyl (C=O) groups excluding carboxylic acids is 3. The van der Waals surface area contributed by atoms with E-state index < -0.39 is 22.0 Å². The summed E-state index contributed by atoms with van der Waals surface area (Å²) in [6.07, 6.45) is 6.13. The fraction of sp³-hybridized carbons (Fsp3) is 0.696. The van der Waals surface area contributed by atoms with Gasteiger partial charge in [0.1, 0.15) is 0 Å². The van der Waals surface area contributed by atoms with Gasteiger partial charge < -0.3 is 9.84 Å². The number of ketones is 2. The van der Waals surface area contributed by atoms with E-state index in [1.54, 1.807) is 6.08 Å². The summed E-state index contributed by atoms with van der Waals surface area (Å²) < 4.78 is 5.53. The lowest BCUT2D eigenvalue weighted by atomic mass is 9.44. The zero-order valence-electron chi connectivity index (χ0n) is 17.0. The molecule has 3 saturated carbocycles. The van der Waals surface area contributed by atoms with Crippen molar-refractivity contribution in [3.05, 3.63) is 23.8 Å². The third-order valence-corrected chi connectivity index (χ3v) is 9.03. The van der Waals surface area contributed by atoms with Crippen LogP contribution in [0.25, 0.3) is 0 Å². The molecule has 0 bridgehead atoms. The molecule has 0 heterocycles. The maximum absolute atomic E-state index is 12.7. The van der Waals surface area contributed by atoms with Crippen LogP contribution in [0.1, 0.15) is 65.7 Å². The molecule has 0 radical (unpaired) electrons. The van der Waals surface area contributed by atoms with Crippen LogP contribution in [-0.2, 0) is 19.1 Å². The Hall–Kier alpha value is -1.75. The highest BCUT2D eigenvalue weighted by atomic mass is 16.5. The summed E-state index contributed by atoms with van der Waals surface area (Å²) in [6, 6.07) is 0. The molecule has 0 amide bonds. The molecule has 5 nitrogen and oxygen atoms in total. The molecule has 4 aliphatic rings. The van der Waals surface area contributed by atoms with Gasteiger partial charge >= 0.3 is 0 Å². The van der Waals surface area contributed by atoms with E-state index in [1.807, 2.05) is 6.92 Å². The summed E-state index contributed by atoms with van der Waals surface area (Å²) in [5, 5.41) is 12.0. The summed E-state index contributed by atoms with van der Waals surface area (Å²) in [7, 11) is 0. The van der Waals surface area contributed by atoms with Crippen molar-refractivity contribution in [2.75, 3.05) is 0 Å². The molecule has 28 heavy (non-hydrogen) atoms. The summed E-state index contributed by atoms with van der Waals surface area (Å²) >= 11 is 0. The van der Waals surface area contributed by atoms with Crippen molar-refractivity contribution < 1.29 is 24.2 Å². The van der Waals surface area contributed by atoms with Crippen LogP contribution in [0.2, 0.25) is 0 Å². The Kier molecular flexibility index (Phi) is 4.11. The third kappa shape index (κ3) is 2.04. The van der Waals surface area contributed by atoms with Gasteiger partial charge in [0.25, 0.3) is 6.47 Å². The molecule has 1 N–H and O–H groups in total.